The van der Waals surface area contributed by atoms with Gasteiger partial charge in [-0.3, -0.25) is 4.79 Å². The molecule has 10 heteroatoms. The van der Waals surface area contributed by atoms with E-state index >= 15 is 0 Å². The topological polar surface area (TPSA) is 66.8 Å². The van der Waals surface area contributed by atoms with Gasteiger partial charge in [0, 0.05) is 32.5 Å². The summed E-state index contributed by atoms with van der Waals surface area (Å²) in [5.74, 6) is -4.15. The Labute approximate surface area is 238 Å². The highest BCUT2D eigenvalue weighted by Crippen LogP contribution is 2.42. The van der Waals surface area contributed by atoms with Gasteiger partial charge in [0.1, 0.15) is 17.2 Å². The Morgan fingerprint density at radius 1 is 0.878 bits per heavy atom. The molecular weight excluding hydrogens is 563 g/mol. The molecule has 1 aromatic heterocycles. The van der Waals surface area contributed by atoms with Gasteiger partial charge >= 0.3 is 12.1 Å². The number of ketones is 1. The minimum Gasteiger partial charge on any atom is -0.508 e. The zero-order valence-corrected chi connectivity index (χ0v) is 23.0. The van der Waals surface area contributed by atoms with E-state index in [1.54, 1.807) is 60.7 Å². The highest BCUT2D eigenvalue weighted by Gasteiger charge is 2.56. The number of carbonyl (C=O) groups is 1. The predicted molar refractivity (Wildman–Crippen MR) is 149 cm³/mol. The van der Waals surface area contributed by atoms with Crippen molar-refractivity contribution < 1.29 is 41.7 Å². The maximum atomic E-state index is 13.7. The molecule has 1 heterocycles. The van der Waals surface area contributed by atoms with Crippen molar-refractivity contribution in [3.05, 3.63) is 77.9 Å². The van der Waals surface area contributed by atoms with Crippen LogP contribution >= 0.6 is 11.3 Å². The van der Waals surface area contributed by atoms with Crippen molar-refractivity contribution in [2.75, 3.05) is 6.61 Å². The zero-order valence-electron chi connectivity index (χ0n) is 22.2. The van der Waals surface area contributed by atoms with Crippen LogP contribution in [0.5, 0.6) is 17.2 Å². The van der Waals surface area contributed by atoms with Gasteiger partial charge in [-0.05, 0) is 97.5 Å². The van der Waals surface area contributed by atoms with Gasteiger partial charge in [-0.2, -0.15) is 22.0 Å². The van der Waals surface area contributed by atoms with Crippen molar-refractivity contribution in [2.45, 2.75) is 51.1 Å². The Kier molecular flexibility index (Phi) is 9.21. The van der Waals surface area contributed by atoms with Gasteiger partial charge in [-0.1, -0.05) is 13.3 Å². The molecule has 2 N–H and O–H groups in total. The van der Waals surface area contributed by atoms with E-state index in [2.05, 4.69) is 0 Å². The Hall–Kier alpha value is -3.66. The fourth-order valence-corrected chi connectivity index (χ4v) is 5.79. The van der Waals surface area contributed by atoms with Crippen molar-refractivity contribution in [1.82, 2.24) is 0 Å². The average Bonchev–Trinajstić information content (AvgIpc) is 3.29. The van der Waals surface area contributed by atoms with Crippen molar-refractivity contribution >= 4 is 27.2 Å². The second-order valence-electron chi connectivity index (χ2n) is 10.1. The van der Waals surface area contributed by atoms with E-state index in [1.807, 2.05) is 6.92 Å². The summed E-state index contributed by atoms with van der Waals surface area (Å²) >= 11 is 1.37. The molecule has 0 aliphatic rings. The lowest BCUT2D eigenvalue weighted by Gasteiger charge is -2.20. The van der Waals surface area contributed by atoms with E-state index in [1.165, 1.54) is 17.4 Å². The summed E-state index contributed by atoms with van der Waals surface area (Å²) in [6.45, 7) is 2.15. The number of alkyl halides is 5. The average molecular weight is 593 g/mol. The normalized spacial score (nSPS) is 12.9. The molecule has 0 amide bonds. The first kappa shape index (κ1) is 30.3. The highest BCUT2D eigenvalue weighted by molar-refractivity contribution is 7.22. The van der Waals surface area contributed by atoms with Gasteiger partial charge < -0.3 is 14.9 Å². The molecule has 1 unspecified atom stereocenters. The monoisotopic (exact) mass is 592 g/mol. The van der Waals surface area contributed by atoms with E-state index in [0.29, 0.717) is 46.6 Å². The zero-order chi connectivity index (χ0) is 29.8. The number of phenols is 2. The number of phenolic OH excluding ortho intramolecular Hbond substituents is 2. The van der Waals surface area contributed by atoms with Crippen molar-refractivity contribution in [3.63, 3.8) is 0 Å². The third-order valence-corrected chi connectivity index (χ3v) is 8.06. The Balaban J connectivity index is 1.36. The van der Waals surface area contributed by atoms with E-state index < -0.39 is 18.5 Å². The van der Waals surface area contributed by atoms with Gasteiger partial charge in [-0.25, -0.2) is 0 Å². The lowest BCUT2D eigenvalue weighted by Crippen LogP contribution is -2.36. The lowest BCUT2D eigenvalue weighted by atomic mass is 9.97. The van der Waals surface area contributed by atoms with Crippen LogP contribution in [0.2, 0.25) is 0 Å². The van der Waals surface area contributed by atoms with Gasteiger partial charge in [0.2, 0.25) is 0 Å². The van der Waals surface area contributed by atoms with Crippen LogP contribution in [0.1, 0.15) is 54.9 Å². The second-order valence-corrected chi connectivity index (χ2v) is 11.1. The smallest absolute Gasteiger partial charge is 0.453 e. The van der Waals surface area contributed by atoms with Crippen LogP contribution in [0.3, 0.4) is 0 Å². The quantitative estimate of drug-likeness (QED) is 0.0977. The number of rotatable bonds is 12. The number of hydrogen-bond acceptors (Lipinski definition) is 5. The molecule has 0 fully saturated rings. The van der Waals surface area contributed by atoms with Crippen LogP contribution < -0.4 is 4.74 Å². The number of halogens is 5. The van der Waals surface area contributed by atoms with Crippen LogP contribution in [-0.2, 0) is 0 Å². The summed E-state index contributed by atoms with van der Waals surface area (Å²) in [6.07, 6.45) is -5.44. The van der Waals surface area contributed by atoms with Crippen molar-refractivity contribution in [3.8, 4) is 27.7 Å². The molecule has 4 nitrogen and oxygen atoms in total. The number of ether oxygens (including phenoxy) is 1. The van der Waals surface area contributed by atoms with Gasteiger partial charge in [-0.15, -0.1) is 11.3 Å². The summed E-state index contributed by atoms with van der Waals surface area (Å²) in [5, 5.41) is 20.3. The summed E-state index contributed by atoms with van der Waals surface area (Å²) < 4.78 is 69.4. The van der Waals surface area contributed by atoms with Crippen LogP contribution in [-0.4, -0.2) is 34.7 Å². The number of carbonyl (C=O) groups excluding carboxylic acids is 1. The first-order valence-electron chi connectivity index (χ1n) is 13.1. The van der Waals surface area contributed by atoms with E-state index in [9.17, 15) is 37.0 Å². The maximum Gasteiger partial charge on any atom is 0.453 e. The fourth-order valence-electron chi connectivity index (χ4n) is 4.55. The largest absolute Gasteiger partial charge is 0.508 e. The molecule has 0 spiro atoms. The molecule has 0 bridgehead atoms. The SMILES string of the molecule is CC(CCCOc1ccc(C(=O)c2c(-c3ccc(O)cc3)sc3cc(O)ccc23)cc1)CCCC(F)(F)C(F)(F)F. The third-order valence-electron chi connectivity index (χ3n) is 6.86. The van der Waals surface area contributed by atoms with E-state index in [4.69, 9.17) is 4.74 Å². The predicted octanol–water partition coefficient (Wildman–Crippen LogP) is 9.37. The minimum atomic E-state index is -5.51. The van der Waals surface area contributed by atoms with Crippen molar-refractivity contribution in [1.29, 1.82) is 0 Å². The standard InChI is InChI=1S/C31H29F5O4S/c1-19(4-2-16-30(32,33)31(34,35)36)5-3-17-40-24-13-8-20(9-14-24)28(39)27-25-15-12-23(38)18-26(25)41-29(27)21-6-10-22(37)11-7-21/h6-15,18-19,37-38H,2-5,16-17H2,1H3. The number of thiophene rings is 1. The molecule has 0 aliphatic heterocycles. The van der Waals surface area contributed by atoms with Crippen LogP contribution in [0.15, 0.2) is 66.7 Å². The van der Waals surface area contributed by atoms with Gasteiger partial charge in [0.15, 0.2) is 5.78 Å². The highest BCUT2D eigenvalue weighted by atomic mass is 32.1. The second kappa shape index (κ2) is 12.5. The molecule has 0 radical (unpaired) electrons. The Morgan fingerprint density at radius 2 is 1.51 bits per heavy atom. The summed E-state index contributed by atoms with van der Waals surface area (Å²) in [5.41, 5.74) is 1.69. The van der Waals surface area contributed by atoms with Crippen LogP contribution in [0, 0.1) is 5.92 Å². The third kappa shape index (κ3) is 7.35. The number of hydrogen-bond donors (Lipinski definition) is 2. The molecule has 4 rings (SSSR count). The van der Waals surface area contributed by atoms with Crippen LogP contribution in [0.4, 0.5) is 22.0 Å². The van der Waals surface area contributed by atoms with Crippen molar-refractivity contribution in [2.24, 2.45) is 5.92 Å². The molecule has 0 saturated carbocycles. The minimum absolute atomic E-state index is 0.0206. The van der Waals surface area contributed by atoms with Gasteiger partial charge in [0.25, 0.3) is 0 Å². The molecule has 1 atom stereocenters. The molecule has 3 aromatic carbocycles. The summed E-state index contributed by atoms with van der Waals surface area (Å²) in [4.78, 5) is 14.4. The number of fused-ring (bicyclic) bond motifs is 1. The first-order valence-corrected chi connectivity index (χ1v) is 13.9. The van der Waals surface area contributed by atoms with Crippen LogP contribution in [0.25, 0.3) is 20.5 Å². The van der Waals surface area contributed by atoms with E-state index in [0.717, 1.165) is 10.3 Å². The number of benzene rings is 3. The Bertz CT molecular complexity index is 1480. The first-order chi connectivity index (χ1) is 19.4. The Morgan fingerprint density at radius 3 is 2.17 bits per heavy atom. The fraction of sp³-hybridized carbons (Fsp3) is 0.323. The lowest BCUT2D eigenvalue weighted by molar-refractivity contribution is -0.284. The molecule has 41 heavy (non-hydrogen) atoms. The molecule has 4 aromatic rings. The number of aromatic hydroxyl groups is 2. The maximum absolute atomic E-state index is 13.7. The summed E-state index contributed by atoms with van der Waals surface area (Å²) in [6, 6.07) is 18.1. The summed E-state index contributed by atoms with van der Waals surface area (Å²) in [7, 11) is 0. The molecule has 218 valence electrons. The van der Waals surface area contributed by atoms with Gasteiger partial charge in [0.05, 0.1) is 6.61 Å². The molecule has 0 saturated heterocycles. The molecule has 0 aliphatic carbocycles. The van der Waals surface area contributed by atoms with E-state index in [-0.39, 0.29) is 36.0 Å². The molecular formula is C31H29F5O4S.